The van der Waals surface area contributed by atoms with E-state index in [2.05, 4.69) is 22.3 Å². The lowest BCUT2D eigenvalue weighted by atomic mass is 9.96. The highest BCUT2D eigenvalue weighted by Crippen LogP contribution is 2.37. The van der Waals surface area contributed by atoms with Crippen molar-refractivity contribution in [3.8, 4) is 0 Å². The number of carbonyl (C=O) groups is 1. The van der Waals surface area contributed by atoms with E-state index in [0.717, 1.165) is 24.4 Å². The number of rotatable bonds is 3. The van der Waals surface area contributed by atoms with Crippen LogP contribution in [0, 0.1) is 0 Å². The number of carbonyl (C=O) groups excluding carboxylic acids is 1. The number of nitrogens with zero attached hydrogens (tertiary/aromatic N) is 1. The molecule has 0 spiro atoms. The Labute approximate surface area is 149 Å². The zero-order valence-corrected chi connectivity index (χ0v) is 15.5. The molecule has 2 heterocycles. The van der Waals surface area contributed by atoms with Crippen molar-refractivity contribution < 1.29 is 9.53 Å². The molecule has 2 unspecified atom stereocenters. The van der Waals surface area contributed by atoms with Gasteiger partial charge in [0.1, 0.15) is 5.60 Å². The molecule has 1 aromatic carbocycles. The van der Waals surface area contributed by atoms with Gasteiger partial charge in [0.25, 0.3) is 0 Å². The van der Waals surface area contributed by atoms with Gasteiger partial charge in [0.15, 0.2) is 0 Å². The molecule has 1 amide bonds. The normalized spacial score (nSPS) is 27.1. The Bertz CT molecular complexity index is 568. The van der Waals surface area contributed by atoms with Crippen LogP contribution in [-0.4, -0.2) is 34.7 Å². The predicted octanol–water partition coefficient (Wildman–Crippen LogP) is 4.36. The predicted molar refractivity (Wildman–Crippen MR) is 96.2 cm³/mol. The largest absolute Gasteiger partial charge is 0.444 e. The highest BCUT2D eigenvalue weighted by atomic mass is 35.5. The second kappa shape index (κ2) is 6.93. The summed E-state index contributed by atoms with van der Waals surface area (Å²) in [6.07, 6.45) is 4.14. The number of fused-ring (bicyclic) bond motifs is 2. The van der Waals surface area contributed by atoms with Crippen molar-refractivity contribution >= 4 is 17.7 Å². The van der Waals surface area contributed by atoms with Crippen LogP contribution >= 0.6 is 11.6 Å². The molecule has 0 radical (unpaired) electrons. The first kappa shape index (κ1) is 17.6. The number of piperidine rings is 1. The minimum atomic E-state index is -0.446. The summed E-state index contributed by atoms with van der Waals surface area (Å²) in [4.78, 5) is 14.6. The fraction of sp³-hybridized carbons (Fsp3) is 0.632. The SMILES string of the molecule is CC(C)(C)OC(=O)NC1CC2CCC(C1)N2Cc1ccc(Cl)cc1. The maximum atomic E-state index is 12.0. The summed E-state index contributed by atoms with van der Waals surface area (Å²) in [5.41, 5.74) is 0.855. The lowest BCUT2D eigenvalue weighted by Crippen LogP contribution is -2.50. The fourth-order valence-electron chi connectivity index (χ4n) is 3.93. The Morgan fingerprint density at radius 3 is 2.33 bits per heavy atom. The first-order valence-electron chi connectivity index (χ1n) is 8.80. The second-order valence-corrected chi connectivity index (χ2v) is 8.43. The van der Waals surface area contributed by atoms with Gasteiger partial charge >= 0.3 is 6.09 Å². The van der Waals surface area contributed by atoms with Crippen molar-refractivity contribution in [3.05, 3.63) is 34.9 Å². The van der Waals surface area contributed by atoms with Crippen LogP contribution in [0.5, 0.6) is 0 Å². The number of nitrogens with one attached hydrogen (secondary N) is 1. The van der Waals surface area contributed by atoms with E-state index in [-0.39, 0.29) is 12.1 Å². The van der Waals surface area contributed by atoms with Crippen LogP contribution in [-0.2, 0) is 11.3 Å². The van der Waals surface area contributed by atoms with Crippen LogP contribution < -0.4 is 5.32 Å². The highest BCUT2D eigenvalue weighted by molar-refractivity contribution is 6.30. The van der Waals surface area contributed by atoms with Crippen LogP contribution in [0.15, 0.2) is 24.3 Å². The van der Waals surface area contributed by atoms with E-state index in [1.54, 1.807) is 0 Å². The molecule has 2 atom stereocenters. The first-order chi connectivity index (χ1) is 11.3. The summed E-state index contributed by atoms with van der Waals surface area (Å²) in [5, 5.41) is 3.84. The number of hydrogen-bond acceptors (Lipinski definition) is 3. The van der Waals surface area contributed by atoms with Crippen LogP contribution in [0.3, 0.4) is 0 Å². The molecule has 1 N–H and O–H groups in total. The van der Waals surface area contributed by atoms with Crippen molar-refractivity contribution in [1.82, 2.24) is 10.2 Å². The van der Waals surface area contributed by atoms with E-state index < -0.39 is 5.60 Å². The van der Waals surface area contributed by atoms with Crippen molar-refractivity contribution in [2.24, 2.45) is 0 Å². The summed E-state index contributed by atoms with van der Waals surface area (Å²) in [6, 6.07) is 9.42. The quantitative estimate of drug-likeness (QED) is 0.880. The number of ether oxygens (including phenoxy) is 1. The molecule has 24 heavy (non-hydrogen) atoms. The Balaban J connectivity index is 1.56. The monoisotopic (exact) mass is 350 g/mol. The third kappa shape index (κ3) is 4.42. The third-order valence-electron chi connectivity index (χ3n) is 4.88. The van der Waals surface area contributed by atoms with E-state index >= 15 is 0 Å². The molecular weight excluding hydrogens is 324 g/mol. The van der Waals surface area contributed by atoms with Gasteiger partial charge in [0, 0.05) is 29.7 Å². The highest BCUT2D eigenvalue weighted by Gasteiger charge is 2.41. The maximum Gasteiger partial charge on any atom is 0.407 e. The Morgan fingerprint density at radius 1 is 1.21 bits per heavy atom. The third-order valence-corrected chi connectivity index (χ3v) is 5.14. The molecule has 0 aromatic heterocycles. The summed E-state index contributed by atoms with van der Waals surface area (Å²) >= 11 is 5.97. The van der Waals surface area contributed by atoms with Crippen molar-refractivity contribution in [2.75, 3.05) is 0 Å². The average Bonchev–Trinajstić information content (AvgIpc) is 2.70. The second-order valence-electron chi connectivity index (χ2n) is 8.00. The van der Waals surface area contributed by atoms with Gasteiger partial charge in [-0.05, 0) is 64.2 Å². The summed E-state index contributed by atoms with van der Waals surface area (Å²) in [6.45, 7) is 6.65. The molecule has 2 fully saturated rings. The lowest BCUT2D eigenvalue weighted by Gasteiger charge is -2.39. The van der Waals surface area contributed by atoms with E-state index in [1.165, 1.54) is 18.4 Å². The molecule has 2 aliphatic heterocycles. The smallest absolute Gasteiger partial charge is 0.407 e. The van der Waals surface area contributed by atoms with Gasteiger partial charge in [0.2, 0.25) is 0 Å². The van der Waals surface area contributed by atoms with Gasteiger partial charge in [-0.15, -0.1) is 0 Å². The standard InChI is InChI=1S/C19H27ClN2O2/c1-19(2,3)24-18(23)21-15-10-16-8-9-17(11-15)22(16)12-13-4-6-14(20)7-5-13/h4-7,15-17H,8-12H2,1-3H3,(H,21,23). The molecule has 2 bridgehead atoms. The van der Waals surface area contributed by atoms with Crippen LogP contribution in [0.2, 0.25) is 5.02 Å². The van der Waals surface area contributed by atoms with Gasteiger partial charge < -0.3 is 10.1 Å². The lowest BCUT2D eigenvalue weighted by molar-refractivity contribution is 0.0436. The van der Waals surface area contributed by atoms with E-state index in [0.29, 0.717) is 12.1 Å². The maximum absolute atomic E-state index is 12.0. The van der Waals surface area contributed by atoms with Crippen molar-refractivity contribution in [2.45, 2.75) is 76.7 Å². The number of halogens is 1. The molecule has 0 aliphatic carbocycles. The topological polar surface area (TPSA) is 41.6 Å². The van der Waals surface area contributed by atoms with Gasteiger partial charge in [-0.1, -0.05) is 23.7 Å². The summed E-state index contributed by atoms with van der Waals surface area (Å²) in [7, 11) is 0. The minimum absolute atomic E-state index is 0.221. The van der Waals surface area contributed by atoms with Gasteiger partial charge in [-0.3, -0.25) is 4.90 Å². The van der Waals surface area contributed by atoms with Crippen LogP contribution in [0.25, 0.3) is 0 Å². The van der Waals surface area contributed by atoms with Gasteiger partial charge in [-0.2, -0.15) is 0 Å². The summed E-state index contributed by atoms with van der Waals surface area (Å²) < 4.78 is 5.39. The molecule has 132 valence electrons. The molecule has 3 rings (SSSR count). The molecule has 0 saturated carbocycles. The molecule has 1 aromatic rings. The van der Waals surface area contributed by atoms with E-state index in [4.69, 9.17) is 16.3 Å². The van der Waals surface area contributed by atoms with Gasteiger partial charge in [-0.25, -0.2) is 4.79 Å². The van der Waals surface area contributed by atoms with E-state index in [1.807, 2.05) is 32.9 Å². The number of alkyl carbamates (subject to hydrolysis) is 1. The Hall–Kier alpha value is -1.26. The Morgan fingerprint density at radius 2 is 1.79 bits per heavy atom. The van der Waals surface area contributed by atoms with E-state index in [9.17, 15) is 4.79 Å². The molecule has 5 heteroatoms. The summed E-state index contributed by atoms with van der Waals surface area (Å²) in [5.74, 6) is 0. The molecule has 2 saturated heterocycles. The van der Waals surface area contributed by atoms with Crippen LogP contribution in [0.1, 0.15) is 52.0 Å². The zero-order chi connectivity index (χ0) is 17.3. The van der Waals surface area contributed by atoms with Gasteiger partial charge in [0.05, 0.1) is 0 Å². The minimum Gasteiger partial charge on any atom is -0.444 e. The average molecular weight is 351 g/mol. The first-order valence-corrected chi connectivity index (χ1v) is 9.18. The molecule has 4 nitrogen and oxygen atoms in total. The fourth-order valence-corrected chi connectivity index (χ4v) is 4.05. The van der Waals surface area contributed by atoms with Crippen LogP contribution in [0.4, 0.5) is 4.79 Å². The number of hydrogen-bond donors (Lipinski definition) is 1. The molecular formula is C19H27ClN2O2. The molecule has 2 aliphatic rings. The number of benzene rings is 1. The van der Waals surface area contributed by atoms with Crippen molar-refractivity contribution in [3.63, 3.8) is 0 Å². The number of amides is 1. The van der Waals surface area contributed by atoms with Crippen molar-refractivity contribution in [1.29, 1.82) is 0 Å². The zero-order valence-electron chi connectivity index (χ0n) is 14.7. The Kier molecular flexibility index (Phi) is 5.07.